The van der Waals surface area contributed by atoms with Crippen LogP contribution in [-0.2, 0) is 11.3 Å². The Hall–Kier alpha value is -3.17. The van der Waals surface area contributed by atoms with Crippen LogP contribution in [0.3, 0.4) is 0 Å². The SMILES string of the molecule is COC(=O)c1ccc(N2CCN(Cc3ccccc3)CC2)c(NC(=S)NC(=O)c2cc(Cl)ccc2Cl)c1. The van der Waals surface area contributed by atoms with Crippen LogP contribution < -0.4 is 15.5 Å². The third-order valence-electron chi connectivity index (χ3n) is 6.03. The van der Waals surface area contributed by atoms with E-state index < -0.39 is 11.9 Å². The quantitative estimate of drug-likeness (QED) is 0.318. The summed E-state index contributed by atoms with van der Waals surface area (Å²) in [4.78, 5) is 29.6. The summed E-state index contributed by atoms with van der Waals surface area (Å²) in [6.07, 6.45) is 0. The topological polar surface area (TPSA) is 73.9 Å². The number of amides is 1. The van der Waals surface area contributed by atoms with Gasteiger partial charge in [0.15, 0.2) is 5.11 Å². The number of nitrogens with one attached hydrogen (secondary N) is 2. The number of thiocarbonyl (C=S) groups is 1. The van der Waals surface area contributed by atoms with Crippen molar-refractivity contribution in [2.45, 2.75) is 6.54 Å². The van der Waals surface area contributed by atoms with Crippen LogP contribution in [0.25, 0.3) is 0 Å². The maximum absolute atomic E-state index is 12.7. The van der Waals surface area contributed by atoms with Crippen LogP contribution in [0.2, 0.25) is 10.0 Å². The highest BCUT2D eigenvalue weighted by Crippen LogP contribution is 2.29. The summed E-state index contributed by atoms with van der Waals surface area (Å²) in [5, 5.41) is 6.41. The predicted octanol–water partition coefficient (Wildman–Crippen LogP) is 5.23. The van der Waals surface area contributed by atoms with E-state index in [1.165, 1.54) is 18.7 Å². The molecule has 0 atom stereocenters. The van der Waals surface area contributed by atoms with Crippen molar-refractivity contribution >= 4 is 63.8 Å². The molecule has 10 heteroatoms. The molecular weight excluding hydrogens is 531 g/mol. The Morgan fingerprint density at radius 2 is 1.70 bits per heavy atom. The van der Waals surface area contributed by atoms with Gasteiger partial charge >= 0.3 is 5.97 Å². The molecule has 3 aromatic rings. The van der Waals surface area contributed by atoms with Gasteiger partial charge in [-0.15, -0.1) is 0 Å². The first-order valence-corrected chi connectivity index (χ1v) is 12.8. The molecule has 0 aliphatic carbocycles. The average molecular weight is 558 g/mol. The van der Waals surface area contributed by atoms with Crippen LogP contribution in [0.4, 0.5) is 11.4 Å². The molecule has 3 aromatic carbocycles. The van der Waals surface area contributed by atoms with Crippen molar-refractivity contribution in [3.05, 3.63) is 93.5 Å². The van der Waals surface area contributed by atoms with Gasteiger partial charge in [-0.25, -0.2) is 4.79 Å². The van der Waals surface area contributed by atoms with Gasteiger partial charge in [0.25, 0.3) is 5.91 Å². The minimum Gasteiger partial charge on any atom is -0.465 e. The number of rotatable bonds is 6. The molecule has 4 rings (SSSR count). The largest absolute Gasteiger partial charge is 0.465 e. The van der Waals surface area contributed by atoms with E-state index in [1.54, 1.807) is 24.3 Å². The molecule has 37 heavy (non-hydrogen) atoms. The molecular formula is C27H26Cl2N4O3S. The van der Waals surface area contributed by atoms with Crippen LogP contribution in [0.5, 0.6) is 0 Å². The average Bonchev–Trinajstić information content (AvgIpc) is 2.90. The van der Waals surface area contributed by atoms with Gasteiger partial charge in [0, 0.05) is 37.7 Å². The van der Waals surface area contributed by atoms with E-state index >= 15 is 0 Å². The lowest BCUT2D eigenvalue weighted by Gasteiger charge is -2.37. The lowest BCUT2D eigenvalue weighted by molar-refractivity contribution is 0.0600. The van der Waals surface area contributed by atoms with Gasteiger partial charge in [0.05, 0.1) is 34.6 Å². The van der Waals surface area contributed by atoms with Gasteiger partial charge in [-0.2, -0.15) is 0 Å². The first-order chi connectivity index (χ1) is 17.8. The van der Waals surface area contributed by atoms with Crippen molar-refractivity contribution < 1.29 is 14.3 Å². The molecule has 0 saturated carbocycles. The Balaban J connectivity index is 1.48. The Morgan fingerprint density at radius 3 is 2.41 bits per heavy atom. The van der Waals surface area contributed by atoms with Crippen molar-refractivity contribution in [1.29, 1.82) is 0 Å². The second kappa shape index (κ2) is 12.4. The maximum atomic E-state index is 12.7. The fourth-order valence-corrected chi connectivity index (χ4v) is 4.72. The number of halogens is 2. The van der Waals surface area contributed by atoms with Gasteiger partial charge in [0.2, 0.25) is 0 Å². The molecule has 1 fully saturated rings. The summed E-state index contributed by atoms with van der Waals surface area (Å²) in [7, 11) is 1.33. The zero-order valence-electron chi connectivity index (χ0n) is 20.2. The number of piperazine rings is 1. The first kappa shape index (κ1) is 26.9. The number of benzene rings is 3. The van der Waals surface area contributed by atoms with Crippen LogP contribution >= 0.6 is 35.4 Å². The first-order valence-electron chi connectivity index (χ1n) is 11.6. The third kappa shape index (κ3) is 6.99. The lowest BCUT2D eigenvalue weighted by Crippen LogP contribution is -2.46. The summed E-state index contributed by atoms with van der Waals surface area (Å²) in [5.41, 5.74) is 3.30. The molecule has 0 aromatic heterocycles. The van der Waals surface area contributed by atoms with E-state index in [4.69, 9.17) is 40.2 Å². The number of anilines is 2. The molecule has 0 bridgehead atoms. The number of nitrogens with zero attached hydrogens (tertiary/aromatic N) is 2. The predicted molar refractivity (Wildman–Crippen MR) is 152 cm³/mol. The molecule has 192 valence electrons. The van der Waals surface area contributed by atoms with E-state index in [0.29, 0.717) is 16.3 Å². The van der Waals surface area contributed by atoms with E-state index in [1.807, 2.05) is 12.1 Å². The van der Waals surface area contributed by atoms with Gasteiger partial charge in [0.1, 0.15) is 0 Å². The third-order valence-corrected chi connectivity index (χ3v) is 6.80. The molecule has 1 aliphatic rings. The number of hydrogen-bond acceptors (Lipinski definition) is 6. The smallest absolute Gasteiger partial charge is 0.337 e. The second-order valence-corrected chi connectivity index (χ2v) is 9.76. The summed E-state index contributed by atoms with van der Waals surface area (Å²) < 4.78 is 4.88. The van der Waals surface area contributed by atoms with Crippen LogP contribution in [0.1, 0.15) is 26.3 Å². The Kier molecular flexibility index (Phi) is 9.00. The number of esters is 1. The van der Waals surface area contributed by atoms with Crippen molar-refractivity contribution in [2.24, 2.45) is 0 Å². The van der Waals surface area contributed by atoms with Crippen molar-refractivity contribution in [2.75, 3.05) is 43.5 Å². The van der Waals surface area contributed by atoms with E-state index in [-0.39, 0.29) is 15.7 Å². The van der Waals surface area contributed by atoms with E-state index in [0.717, 1.165) is 38.4 Å². The van der Waals surface area contributed by atoms with Gasteiger partial charge < -0.3 is 15.0 Å². The highest BCUT2D eigenvalue weighted by atomic mass is 35.5. The summed E-state index contributed by atoms with van der Waals surface area (Å²) >= 11 is 17.6. The Bertz CT molecular complexity index is 1300. The Morgan fingerprint density at radius 1 is 0.973 bits per heavy atom. The fourth-order valence-electron chi connectivity index (χ4n) is 4.14. The molecule has 0 radical (unpaired) electrons. The van der Waals surface area contributed by atoms with Gasteiger partial charge in [-0.3, -0.25) is 15.0 Å². The molecule has 1 aliphatic heterocycles. The van der Waals surface area contributed by atoms with Crippen molar-refractivity contribution in [1.82, 2.24) is 10.2 Å². The molecule has 0 spiro atoms. The second-order valence-electron chi connectivity index (χ2n) is 8.50. The van der Waals surface area contributed by atoms with Gasteiger partial charge in [-0.1, -0.05) is 53.5 Å². The van der Waals surface area contributed by atoms with Crippen molar-refractivity contribution in [3.8, 4) is 0 Å². The number of carbonyl (C=O) groups is 2. The van der Waals surface area contributed by atoms with Crippen LogP contribution in [0, 0.1) is 0 Å². The standard InChI is InChI=1S/C27H26Cl2N4O3S/c1-36-26(35)19-7-10-24(33-13-11-32(12-14-33)17-18-5-3-2-4-6-18)23(15-19)30-27(37)31-25(34)21-16-20(28)8-9-22(21)29/h2-10,15-16H,11-14,17H2,1H3,(H2,30,31,34,37). The normalized spacial score (nSPS) is 13.6. The number of carbonyl (C=O) groups excluding carboxylic acids is 2. The molecule has 1 saturated heterocycles. The minimum atomic E-state index is -0.495. The fraction of sp³-hybridized carbons (Fsp3) is 0.222. The number of ether oxygens (including phenoxy) is 1. The molecule has 0 unspecified atom stereocenters. The summed E-state index contributed by atoms with van der Waals surface area (Å²) in [6.45, 7) is 4.22. The van der Waals surface area contributed by atoms with Crippen molar-refractivity contribution in [3.63, 3.8) is 0 Å². The van der Waals surface area contributed by atoms with Crippen LogP contribution in [0.15, 0.2) is 66.7 Å². The highest BCUT2D eigenvalue weighted by molar-refractivity contribution is 7.80. The molecule has 7 nitrogen and oxygen atoms in total. The zero-order valence-corrected chi connectivity index (χ0v) is 22.5. The monoisotopic (exact) mass is 556 g/mol. The van der Waals surface area contributed by atoms with Gasteiger partial charge in [-0.05, 0) is 54.2 Å². The number of methoxy groups -OCH3 is 1. The molecule has 2 N–H and O–H groups in total. The van der Waals surface area contributed by atoms with Crippen LogP contribution in [-0.4, -0.2) is 55.2 Å². The van der Waals surface area contributed by atoms with E-state index in [9.17, 15) is 9.59 Å². The summed E-state index contributed by atoms with van der Waals surface area (Å²) in [6, 6.07) is 20.2. The minimum absolute atomic E-state index is 0.0621. The summed E-state index contributed by atoms with van der Waals surface area (Å²) in [5.74, 6) is -0.965. The zero-order chi connectivity index (χ0) is 26.4. The van der Waals surface area contributed by atoms with E-state index in [2.05, 4.69) is 44.7 Å². The molecule has 1 amide bonds. The lowest BCUT2D eigenvalue weighted by atomic mass is 10.1. The highest BCUT2D eigenvalue weighted by Gasteiger charge is 2.22. The Labute approximate surface area is 231 Å². The molecule has 1 heterocycles. The number of hydrogen-bond donors (Lipinski definition) is 2. The maximum Gasteiger partial charge on any atom is 0.337 e.